The van der Waals surface area contributed by atoms with Crippen LogP contribution in [0, 0.1) is 0 Å². The Bertz CT molecular complexity index is 350. The van der Waals surface area contributed by atoms with E-state index in [9.17, 15) is 9.90 Å². The van der Waals surface area contributed by atoms with Crippen LogP contribution in [0.2, 0.25) is 0 Å². The summed E-state index contributed by atoms with van der Waals surface area (Å²) in [6.07, 6.45) is 0.170. The number of ether oxygens (including phenoxy) is 3. The quantitative estimate of drug-likeness (QED) is 0.305. The van der Waals surface area contributed by atoms with Crippen molar-refractivity contribution in [1.29, 1.82) is 0 Å². The van der Waals surface area contributed by atoms with Crippen molar-refractivity contribution in [2.24, 2.45) is 0 Å². The molecule has 2 saturated heterocycles. The fourth-order valence-corrected chi connectivity index (χ4v) is 1.90. The molecule has 2 aliphatic rings. The minimum absolute atomic E-state index is 0.187. The molecule has 0 amide bonds. The summed E-state index contributed by atoms with van der Waals surface area (Å²) in [5, 5.41) is 18.3. The molecule has 94 valence electrons. The number of carbonyl (C=O) groups is 1. The van der Waals surface area contributed by atoms with Crippen molar-refractivity contribution >= 4 is 5.97 Å². The van der Waals surface area contributed by atoms with Crippen molar-refractivity contribution in [1.82, 2.24) is 0 Å². The largest absolute Gasteiger partial charge is 0.509 e. The standard InChI is InChI=1S/C11H14O6/c1-6(12)2-3-9(14)17-8-5-16-10-7(13)4-15-11(8)10/h2-3,7-8,10-13H,1,4-5H2/b3-2-/t7-,8+,10-,11-/m1/s1. The lowest BCUT2D eigenvalue weighted by Crippen LogP contribution is -2.33. The van der Waals surface area contributed by atoms with Gasteiger partial charge in [0.05, 0.1) is 13.2 Å². The Kier molecular flexibility index (Phi) is 3.46. The minimum atomic E-state index is -0.670. The Balaban J connectivity index is 1.88. The lowest BCUT2D eigenvalue weighted by molar-refractivity contribution is -0.147. The first-order valence-corrected chi connectivity index (χ1v) is 5.26. The van der Waals surface area contributed by atoms with Crippen molar-refractivity contribution in [3.8, 4) is 0 Å². The number of esters is 1. The molecular formula is C11H14O6. The zero-order valence-electron chi connectivity index (χ0n) is 9.11. The van der Waals surface area contributed by atoms with Crippen molar-refractivity contribution in [2.75, 3.05) is 13.2 Å². The van der Waals surface area contributed by atoms with Crippen LogP contribution in [-0.4, -0.2) is 53.8 Å². The second-order valence-electron chi connectivity index (χ2n) is 3.96. The number of hydrogen-bond donors (Lipinski definition) is 2. The summed E-state index contributed by atoms with van der Waals surface area (Å²) < 4.78 is 15.7. The highest BCUT2D eigenvalue weighted by atomic mass is 16.6. The van der Waals surface area contributed by atoms with Crippen molar-refractivity contribution in [2.45, 2.75) is 24.4 Å². The first-order valence-electron chi connectivity index (χ1n) is 5.26. The van der Waals surface area contributed by atoms with Crippen LogP contribution in [0.3, 0.4) is 0 Å². The smallest absolute Gasteiger partial charge is 0.331 e. The third-order valence-electron chi connectivity index (χ3n) is 2.66. The van der Waals surface area contributed by atoms with E-state index in [1.165, 1.54) is 0 Å². The van der Waals surface area contributed by atoms with Crippen LogP contribution in [0.1, 0.15) is 0 Å². The Morgan fingerprint density at radius 1 is 1.29 bits per heavy atom. The number of hydrogen-bond acceptors (Lipinski definition) is 6. The molecule has 17 heavy (non-hydrogen) atoms. The number of allylic oxidation sites excluding steroid dienone is 1. The maximum absolute atomic E-state index is 11.3. The highest BCUT2D eigenvalue weighted by Crippen LogP contribution is 2.28. The van der Waals surface area contributed by atoms with Gasteiger partial charge in [0.15, 0.2) is 6.10 Å². The summed E-state index contributed by atoms with van der Waals surface area (Å²) in [5.41, 5.74) is 0. The fraction of sp³-hybridized carbons (Fsp3) is 0.545. The van der Waals surface area contributed by atoms with E-state index in [1.54, 1.807) is 0 Å². The molecule has 0 aromatic carbocycles. The van der Waals surface area contributed by atoms with E-state index in [4.69, 9.17) is 19.3 Å². The molecule has 4 atom stereocenters. The summed E-state index contributed by atoms with van der Waals surface area (Å²) in [5.74, 6) is -0.838. The molecule has 0 unspecified atom stereocenters. The Labute approximate surface area is 98.1 Å². The summed E-state index contributed by atoms with van der Waals surface area (Å²) in [6.45, 7) is 3.59. The van der Waals surface area contributed by atoms with E-state index >= 15 is 0 Å². The lowest BCUT2D eigenvalue weighted by atomic mass is 10.1. The Morgan fingerprint density at radius 3 is 2.71 bits per heavy atom. The van der Waals surface area contributed by atoms with Gasteiger partial charge < -0.3 is 24.4 Å². The number of aliphatic hydroxyl groups excluding tert-OH is 2. The van der Waals surface area contributed by atoms with Crippen LogP contribution >= 0.6 is 0 Å². The van der Waals surface area contributed by atoms with Gasteiger partial charge in [0.2, 0.25) is 0 Å². The maximum Gasteiger partial charge on any atom is 0.331 e. The third kappa shape index (κ3) is 2.66. The molecule has 2 heterocycles. The highest BCUT2D eigenvalue weighted by molar-refractivity contribution is 5.82. The molecule has 0 bridgehead atoms. The Morgan fingerprint density at radius 2 is 2.00 bits per heavy atom. The van der Waals surface area contributed by atoms with Gasteiger partial charge in [0.25, 0.3) is 0 Å². The van der Waals surface area contributed by atoms with Gasteiger partial charge in [0.1, 0.15) is 24.1 Å². The summed E-state index contributed by atoms with van der Waals surface area (Å²) in [6, 6.07) is 0. The third-order valence-corrected chi connectivity index (χ3v) is 2.66. The van der Waals surface area contributed by atoms with Crippen molar-refractivity contribution < 1.29 is 29.2 Å². The first kappa shape index (κ1) is 12.1. The number of rotatable bonds is 3. The molecule has 2 rings (SSSR count). The van der Waals surface area contributed by atoms with Crippen LogP contribution < -0.4 is 0 Å². The zero-order chi connectivity index (χ0) is 12.4. The maximum atomic E-state index is 11.3. The van der Waals surface area contributed by atoms with Crippen LogP contribution in [0.4, 0.5) is 0 Å². The molecule has 0 saturated carbocycles. The van der Waals surface area contributed by atoms with Gasteiger partial charge in [-0.15, -0.1) is 0 Å². The highest BCUT2D eigenvalue weighted by Gasteiger charge is 2.48. The van der Waals surface area contributed by atoms with Gasteiger partial charge in [0, 0.05) is 6.08 Å². The molecule has 0 aromatic heterocycles. The average molecular weight is 242 g/mol. The predicted octanol–water partition coefficient (Wildman–Crippen LogP) is -0.315. The number of aliphatic hydroxyl groups is 2. The minimum Gasteiger partial charge on any atom is -0.509 e. The topological polar surface area (TPSA) is 85.2 Å². The summed E-state index contributed by atoms with van der Waals surface area (Å²) in [4.78, 5) is 11.3. The van der Waals surface area contributed by atoms with Crippen molar-refractivity contribution in [3.63, 3.8) is 0 Å². The molecule has 0 spiro atoms. The van der Waals surface area contributed by atoms with E-state index in [0.717, 1.165) is 12.2 Å². The van der Waals surface area contributed by atoms with Crippen LogP contribution in [0.5, 0.6) is 0 Å². The van der Waals surface area contributed by atoms with Gasteiger partial charge in [-0.2, -0.15) is 0 Å². The first-order chi connectivity index (χ1) is 8.08. The van der Waals surface area contributed by atoms with Gasteiger partial charge in [-0.25, -0.2) is 4.79 Å². The van der Waals surface area contributed by atoms with E-state index in [1.807, 2.05) is 0 Å². The molecule has 0 aromatic rings. The van der Waals surface area contributed by atoms with Crippen LogP contribution in [0.15, 0.2) is 24.5 Å². The van der Waals surface area contributed by atoms with E-state index in [-0.39, 0.29) is 19.0 Å². The summed E-state index contributed by atoms with van der Waals surface area (Å²) in [7, 11) is 0. The zero-order valence-corrected chi connectivity index (χ0v) is 9.11. The van der Waals surface area contributed by atoms with Crippen LogP contribution in [-0.2, 0) is 19.0 Å². The second-order valence-corrected chi connectivity index (χ2v) is 3.96. The van der Waals surface area contributed by atoms with E-state index in [0.29, 0.717) is 0 Å². The number of fused-ring (bicyclic) bond motifs is 1. The normalized spacial score (nSPS) is 36.1. The van der Waals surface area contributed by atoms with Gasteiger partial charge in [-0.3, -0.25) is 0 Å². The van der Waals surface area contributed by atoms with Crippen LogP contribution in [0.25, 0.3) is 0 Å². The molecule has 2 fully saturated rings. The number of carbonyl (C=O) groups excluding carboxylic acids is 1. The molecule has 2 N–H and O–H groups in total. The molecule has 0 radical (unpaired) electrons. The monoisotopic (exact) mass is 242 g/mol. The molecular weight excluding hydrogens is 228 g/mol. The van der Waals surface area contributed by atoms with Crippen molar-refractivity contribution in [3.05, 3.63) is 24.5 Å². The average Bonchev–Trinajstić information content (AvgIpc) is 2.81. The molecule has 6 heteroatoms. The summed E-state index contributed by atoms with van der Waals surface area (Å²) >= 11 is 0. The van der Waals surface area contributed by atoms with Gasteiger partial charge >= 0.3 is 5.97 Å². The van der Waals surface area contributed by atoms with E-state index < -0.39 is 30.4 Å². The van der Waals surface area contributed by atoms with Gasteiger partial charge in [-0.05, 0) is 6.08 Å². The van der Waals surface area contributed by atoms with E-state index in [2.05, 4.69) is 6.58 Å². The lowest BCUT2D eigenvalue weighted by Gasteiger charge is -2.15. The molecule has 2 aliphatic heterocycles. The fourth-order valence-electron chi connectivity index (χ4n) is 1.90. The molecule has 6 nitrogen and oxygen atoms in total. The SMILES string of the molecule is C=C(O)/C=C\C(=O)O[C@H]1CO[C@H]2[C@@H]1OC[C@H]2O. The van der Waals surface area contributed by atoms with Gasteiger partial charge in [-0.1, -0.05) is 6.58 Å². The second kappa shape index (κ2) is 4.87. The molecule has 0 aliphatic carbocycles. The Hall–Kier alpha value is -1.37. The predicted molar refractivity (Wildman–Crippen MR) is 56.3 cm³/mol.